The number of carbonyl (C=O) groups excluding carboxylic acids is 4. The normalized spacial score (nSPS) is 15.4. The van der Waals surface area contributed by atoms with Crippen molar-refractivity contribution in [3.8, 4) is 0 Å². The number of aliphatic carboxylic acids is 1. The van der Waals surface area contributed by atoms with E-state index in [1.165, 1.54) is 4.90 Å². The van der Waals surface area contributed by atoms with Crippen molar-refractivity contribution in [2.75, 3.05) is 22.9 Å². The molecule has 0 aromatic heterocycles. The van der Waals surface area contributed by atoms with Crippen LogP contribution in [-0.2, 0) is 36.9 Å². The van der Waals surface area contributed by atoms with Gasteiger partial charge >= 0.3 is 5.97 Å². The summed E-state index contributed by atoms with van der Waals surface area (Å²) in [7, 11) is 0. The molecule has 0 saturated heterocycles. The number of fused-ring (bicyclic) bond motifs is 1. The molecule has 0 saturated carbocycles. The third kappa shape index (κ3) is 7.86. The van der Waals surface area contributed by atoms with Gasteiger partial charge in [-0.25, -0.2) is 0 Å². The summed E-state index contributed by atoms with van der Waals surface area (Å²) in [5.74, 6) is -2.54. The molecule has 0 spiro atoms. The van der Waals surface area contributed by atoms with Crippen molar-refractivity contribution < 1.29 is 29.1 Å². The van der Waals surface area contributed by atoms with Crippen LogP contribution in [0.1, 0.15) is 24.0 Å². The van der Waals surface area contributed by atoms with Gasteiger partial charge in [-0.3, -0.25) is 24.1 Å². The molecule has 1 aliphatic heterocycles. The summed E-state index contributed by atoms with van der Waals surface area (Å²) in [5, 5.41) is 14.7. The number of amides is 3. The number of carbonyl (C=O) groups is 5. The molecule has 10 heteroatoms. The van der Waals surface area contributed by atoms with Gasteiger partial charge in [0.1, 0.15) is 18.9 Å². The van der Waals surface area contributed by atoms with Crippen molar-refractivity contribution in [2.45, 2.75) is 37.9 Å². The van der Waals surface area contributed by atoms with E-state index in [0.717, 1.165) is 11.1 Å². The second-order valence-corrected chi connectivity index (χ2v) is 9.73. The summed E-state index contributed by atoms with van der Waals surface area (Å²) in [4.78, 5) is 65.7. The highest BCUT2D eigenvalue weighted by molar-refractivity contribution is 6.09. The number of aryl methyl sites for hydroxylation is 1. The van der Waals surface area contributed by atoms with Crippen LogP contribution >= 0.6 is 0 Å². The molecule has 2 atom stereocenters. The highest BCUT2D eigenvalue weighted by atomic mass is 16.4. The average molecular weight is 557 g/mol. The molecule has 0 aliphatic carbocycles. The molecular formula is C31H32N4O6. The molecule has 41 heavy (non-hydrogen) atoms. The van der Waals surface area contributed by atoms with Gasteiger partial charge in [0.25, 0.3) is 0 Å². The van der Waals surface area contributed by atoms with E-state index in [4.69, 9.17) is 5.11 Å². The van der Waals surface area contributed by atoms with Crippen LogP contribution in [0.4, 0.5) is 11.4 Å². The van der Waals surface area contributed by atoms with Crippen molar-refractivity contribution in [2.24, 2.45) is 0 Å². The fourth-order valence-corrected chi connectivity index (χ4v) is 4.72. The van der Waals surface area contributed by atoms with Gasteiger partial charge in [0.15, 0.2) is 0 Å². The van der Waals surface area contributed by atoms with Gasteiger partial charge in [0.05, 0.1) is 30.4 Å². The fourth-order valence-electron chi connectivity index (χ4n) is 4.72. The maximum atomic E-state index is 13.9. The van der Waals surface area contributed by atoms with Crippen molar-refractivity contribution >= 4 is 41.4 Å². The van der Waals surface area contributed by atoms with E-state index in [9.17, 15) is 24.0 Å². The molecule has 0 radical (unpaired) electrons. The second-order valence-electron chi connectivity index (χ2n) is 9.73. The molecule has 0 fully saturated rings. The zero-order chi connectivity index (χ0) is 29.2. The summed E-state index contributed by atoms with van der Waals surface area (Å²) in [6.07, 6.45) is 0.512. The number of anilines is 2. The highest BCUT2D eigenvalue weighted by Crippen LogP contribution is 2.33. The first-order valence-corrected chi connectivity index (χ1v) is 13.3. The zero-order valence-electron chi connectivity index (χ0n) is 22.4. The van der Waals surface area contributed by atoms with Crippen molar-refractivity contribution in [1.82, 2.24) is 10.6 Å². The lowest BCUT2D eigenvalue weighted by Gasteiger charge is -2.25. The molecule has 1 heterocycles. The lowest BCUT2D eigenvalue weighted by Crippen LogP contribution is -2.53. The van der Waals surface area contributed by atoms with Gasteiger partial charge in [-0.2, -0.15) is 0 Å². The summed E-state index contributed by atoms with van der Waals surface area (Å²) in [5.41, 5.74) is 2.80. The Bertz CT molecular complexity index is 1380. The number of carboxylic acids is 1. The molecule has 3 amide bonds. The van der Waals surface area contributed by atoms with E-state index < -0.39 is 42.8 Å². The minimum atomic E-state index is -1.24. The third-order valence-electron chi connectivity index (χ3n) is 6.77. The van der Waals surface area contributed by atoms with Crippen molar-refractivity contribution in [3.05, 3.63) is 96.1 Å². The summed E-state index contributed by atoms with van der Waals surface area (Å²) >= 11 is 0. The molecule has 3 N–H and O–H groups in total. The van der Waals surface area contributed by atoms with Gasteiger partial charge in [-0.15, -0.1) is 0 Å². The van der Waals surface area contributed by atoms with E-state index in [-0.39, 0.29) is 18.9 Å². The lowest BCUT2D eigenvalue weighted by molar-refractivity contribution is -0.139. The number of benzene rings is 3. The number of nitrogens with zero attached hydrogens (tertiary/aromatic N) is 2. The molecule has 3 aromatic carbocycles. The minimum absolute atomic E-state index is 0.0460. The van der Waals surface area contributed by atoms with Gasteiger partial charge in [0, 0.05) is 13.0 Å². The van der Waals surface area contributed by atoms with Gasteiger partial charge < -0.3 is 25.4 Å². The fraction of sp³-hybridized carbons (Fsp3) is 0.258. The maximum absolute atomic E-state index is 13.9. The molecule has 10 nitrogen and oxygen atoms in total. The number of hydrogen-bond acceptors (Lipinski definition) is 6. The first-order valence-electron chi connectivity index (χ1n) is 13.3. The predicted molar refractivity (Wildman–Crippen MR) is 153 cm³/mol. The summed E-state index contributed by atoms with van der Waals surface area (Å²) in [6, 6.07) is 23.9. The maximum Gasteiger partial charge on any atom is 0.305 e. The minimum Gasteiger partial charge on any atom is -0.481 e. The zero-order valence-corrected chi connectivity index (χ0v) is 22.4. The number of rotatable bonds is 12. The Labute approximate surface area is 238 Å². The molecular weight excluding hydrogens is 524 g/mol. The Hall–Kier alpha value is -4.83. The molecule has 1 unspecified atom stereocenters. The molecule has 3 aromatic rings. The van der Waals surface area contributed by atoms with Crippen LogP contribution < -0.4 is 20.4 Å². The van der Waals surface area contributed by atoms with E-state index in [1.807, 2.05) is 60.7 Å². The van der Waals surface area contributed by atoms with Crippen LogP contribution in [-0.4, -0.2) is 60.3 Å². The van der Waals surface area contributed by atoms with Crippen LogP contribution in [0.2, 0.25) is 0 Å². The largest absolute Gasteiger partial charge is 0.481 e. The topological polar surface area (TPSA) is 136 Å². The van der Waals surface area contributed by atoms with Crippen LogP contribution in [0.15, 0.2) is 84.9 Å². The van der Waals surface area contributed by atoms with E-state index >= 15 is 0 Å². The van der Waals surface area contributed by atoms with Crippen molar-refractivity contribution in [1.29, 1.82) is 0 Å². The van der Waals surface area contributed by atoms with Crippen LogP contribution in [0, 0.1) is 0 Å². The molecule has 4 rings (SSSR count). The molecule has 0 bridgehead atoms. The number of para-hydroxylation sites is 2. The summed E-state index contributed by atoms with van der Waals surface area (Å²) < 4.78 is 0. The Kier molecular flexibility index (Phi) is 9.95. The Morgan fingerprint density at radius 3 is 2.15 bits per heavy atom. The Balaban J connectivity index is 1.62. The first kappa shape index (κ1) is 29.2. The smallest absolute Gasteiger partial charge is 0.305 e. The van der Waals surface area contributed by atoms with Crippen LogP contribution in [0.5, 0.6) is 0 Å². The predicted octanol–water partition coefficient (Wildman–Crippen LogP) is 2.32. The Morgan fingerprint density at radius 2 is 1.51 bits per heavy atom. The monoisotopic (exact) mass is 556 g/mol. The van der Waals surface area contributed by atoms with Gasteiger partial charge in [0.2, 0.25) is 17.7 Å². The number of aldehydes is 1. The first-order chi connectivity index (χ1) is 19.9. The quantitative estimate of drug-likeness (QED) is 0.291. The molecule has 1 aliphatic rings. The van der Waals surface area contributed by atoms with E-state index in [0.29, 0.717) is 30.6 Å². The Morgan fingerprint density at radius 1 is 0.902 bits per heavy atom. The number of carboxylic acid groups (broad SMARTS) is 1. The highest BCUT2D eigenvalue weighted by Gasteiger charge is 2.36. The molecule has 212 valence electrons. The summed E-state index contributed by atoms with van der Waals surface area (Å²) in [6.45, 7) is -0.0642. The van der Waals surface area contributed by atoms with Crippen LogP contribution in [0.3, 0.4) is 0 Å². The van der Waals surface area contributed by atoms with Crippen molar-refractivity contribution in [3.63, 3.8) is 0 Å². The van der Waals surface area contributed by atoms with E-state index in [1.54, 1.807) is 29.2 Å². The van der Waals surface area contributed by atoms with Gasteiger partial charge in [-0.05, 0) is 29.7 Å². The van der Waals surface area contributed by atoms with Gasteiger partial charge in [-0.1, -0.05) is 72.8 Å². The SMILES string of the molecule is O=CC(CC(=O)O)NC(=O)CN1C(=O)[C@@H](NCc2ccccc2)CN(C(=O)CCc2ccccc2)c2ccccc21. The number of nitrogens with one attached hydrogen (secondary N) is 2. The second kappa shape index (κ2) is 14.0. The average Bonchev–Trinajstić information content (AvgIpc) is 3.10. The standard InChI is InChI=1S/C31H32N4O6/c36-21-24(17-30(39)40)33-28(37)20-35-27-14-8-7-13-26(27)34(29(38)16-15-22-9-3-1-4-10-22)19-25(31(35)41)32-18-23-11-5-2-6-12-23/h1-14,21,24-25,32H,15-20H2,(H,33,37)(H,39,40)/t24?,25-/m0/s1. The van der Waals surface area contributed by atoms with Crippen LogP contribution in [0.25, 0.3) is 0 Å². The lowest BCUT2D eigenvalue weighted by atomic mass is 10.1. The third-order valence-corrected chi connectivity index (χ3v) is 6.77. The number of hydrogen-bond donors (Lipinski definition) is 3. The van der Waals surface area contributed by atoms with E-state index in [2.05, 4.69) is 10.6 Å².